The van der Waals surface area contributed by atoms with Crippen LogP contribution in [0.4, 0.5) is 4.39 Å². The van der Waals surface area contributed by atoms with E-state index in [1.54, 1.807) is 13.0 Å². The van der Waals surface area contributed by atoms with Gasteiger partial charge in [-0.1, -0.05) is 0 Å². The van der Waals surface area contributed by atoms with Crippen LogP contribution in [0.15, 0.2) is 12.1 Å². The monoisotopic (exact) mass is 235 g/mol. The van der Waals surface area contributed by atoms with E-state index in [1.165, 1.54) is 6.07 Å². The van der Waals surface area contributed by atoms with Crippen LogP contribution in [-0.4, -0.2) is 18.9 Å². The van der Waals surface area contributed by atoms with E-state index in [1.807, 2.05) is 0 Å². The lowest BCUT2D eigenvalue weighted by molar-refractivity contribution is -0.142. The van der Waals surface area contributed by atoms with Crippen LogP contribution in [0.25, 0.3) is 0 Å². The van der Waals surface area contributed by atoms with Crippen molar-refractivity contribution in [3.05, 3.63) is 34.6 Å². The van der Waals surface area contributed by atoms with Crippen LogP contribution in [0.2, 0.25) is 0 Å². The van der Waals surface area contributed by atoms with Crippen LogP contribution in [-0.2, 0) is 16.0 Å². The summed E-state index contributed by atoms with van der Waals surface area (Å²) < 4.78 is 18.2. The molecule has 0 spiro atoms. The zero-order valence-electron chi connectivity index (χ0n) is 9.20. The highest BCUT2D eigenvalue weighted by molar-refractivity contribution is 5.82. The quantitative estimate of drug-likeness (QED) is 0.587. The van der Waals surface area contributed by atoms with E-state index in [4.69, 9.17) is 5.26 Å². The molecule has 0 aliphatic rings. The van der Waals surface area contributed by atoms with Crippen molar-refractivity contribution in [2.75, 3.05) is 6.61 Å². The van der Waals surface area contributed by atoms with Crippen molar-refractivity contribution in [3.63, 3.8) is 0 Å². The Morgan fingerprint density at radius 2 is 2.29 bits per heavy atom. The second-order valence-corrected chi connectivity index (χ2v) is 3.24. The number of carbonyl (C=O) groups is 2. The fraction of sp³-hybridized carbons (Fsp3) is 0.250. The first-order valence-corrected chi connectivity index (χ1v) is 4.95. The Labute approximate surface area is 97.6 Å². The molecule has 0 aliphatic heterocycles. The fourth-order valence-corrected chi connectivity index (χ4v) is 1.37. The Morgan fingerprint density at radius 3 is 2.82 bits per heavy atom. The maximum Gasteiger partial charge on any atom is 0.310 e. The molecule has 0 radical (unpaired) electrons. The molecule has 88 valence electrons. The lowest BCUT2D eigenvalue weighted by Gasteiger charge is -2.06. The molecule has 0 fully saturated rings. The molecule has 4 nitrogen and oxygen atoms in total. The number of ether oxygens (including phenoxy) is 1. The molecule has 0 unspecified atom stereocenters. The van der Waals surface area contributed by atoms with Gasteiger partial charge < -0.3 is 4.74 Å². The Balaban J connectivity index is 3.11. The number of benzene rings is 1. The standard InChI is InChI=1S/C12H10FNO3/c1-2-17-12(16)5-10-9(7-15)3-8(6-14)4-11(10)13/h3-4,7H,2,5H2,1H3. The minimum absolute atomic E-state index is 0.00500. The van der Waals surface area contributed by atoms with Gasteiger partial charge in [0.05, 0.1) is 24.7 Å². The highest BCUT2D eigenvalue weighted by Gasteiger charge is 2.15. The van der Waals surface area contributed by atoms with Crippen molar-refractivity contribution in [3.8, 4) is 6.07 Å². The summed E-state index contributed by atoms with van der Waals surface area (Å²) in [5.41, 5.74) is -0.00994. The van der Waals surface area contributed by atoms with Crippen molar-refractivity contribution in [2.45, 2.75) is 13.3 Å². The normalized spacial score (nSPS) is 9.47. The minimum Gasteiger partial charge on any atom is -0.466 e. The molecule has 17 heavy (non-hydrogen) atoms. The maximum absolute atomic E-state index is 13.6. The third kappa shape index (κ3) is 3.11. The number of aldehydes is 1. The molecule has 0 aliphatic carbocycles. The number of rotatable bonds is 4. The van der Waals surface area contributed by atoms with Crippen LogP contribution in [0.1, 0.15) is 28.4 Å². The Kier molecular flexibility index (Phi) is 4.35. The first kappa shape index (κ1) is 12.8. The first-order valence-electron chi connectivity index (χ1n) is 4.95. The third-order valence-corrected chi connectivity index (χ3v) is 2.11. The van der Waals surface area contributed by atoms with Gasteiger partial charge in [-0.2, -0.15) is 5.26 Å². The van der Waals surface area contributed by atoms with Gasteiger partial charge in [-0.15, -0.1) is 0 Å². The van der Waals surface area contributed by atoms with Crippen LogP contribution < -0.4 is 0 Å². The summed E-state index contributed by atoms with van der Waals surface area (Å²) in [6.45, 7) is 1.82. The Hall–Kier alpha value is -2.22. The van der Waals surface area contributed by atoms with E-state index in [9.17, 15) is 14.0 Å². The smallest absolute Gasteiger partial charge is 0.310 e. The molecule has 1 rings (SSSR count). The summed E-state index contributed by atoms with van der Waals surface area (Å²) in [6.07, 6.45) is 0.0952. The third-order valence-electron chi connectivity index (χ3n) is 2.11. The van der Waals surface area contributed by atoms with Crippen molar-refractivity contribution in [2.24, 2.45) is 0 Å². The van der Waals surface area contributed by atoms with Crippen molar-refractivity contribution in [1.29, 1.82) is 5.26 Å². The second-order valence-electron chi connectivity index (χ2n) is 3.24. The molecule has 0 heterocycles. The molecule has 0 N–H and O–H groups in total. The van der Waals surface area contributed by atoms with E-state index < -0.39 is 11.8 Å². The van der Waals surface area contributed by atoms with Gasteiger partial charge in [0, 0.05) is 11.1 Å². The summed E-state index contributed by atoms with van der Waals surface area (Å²) in [6, 6.07) is 3.96. The van der Waals surface area contributed by atoms with E-state index in [0.29, 0.717) is 6.29 Å². The lowest BCUT2D eigenvalue weighted by atomic mass is 10.0. The lowest BCUT2D eigenvalue weighted by Crippen LogP contribution is -2.11. The van der Waals surface area contributed by atoms with Crippen molar-refractivity contribution >= 4 is 12.3 Å². The predicted octanol–water partition coefficient (Wildman–Crippen LogP) is 1.62. The number of hydrogen-bond acceptors (Lipinski definition) is 4. The van der Waals surface area contributed by atoms with Gasteiger partial charge >= 0.3 is 5.97 Å². The summed E-state index contributed by atoms with van der Waals surface area (Å²) in [4.78, 5) is 22.0. The van der Waals surface area contributed by atoms with Gasteiger partial charge in [-0.25, -0.2) is 4.39 Å². The van der Waals surface area contributed by atoms with E-state index in [-0.39, 0.29) is 29.7 Å². The summed E-state index contributed by atoms with van der Waals surface area (Å²) in [7, 11) is 0. The number of carbonyl (C=O) groups excluding carboxylic acids is 2. The largest absolute Gasteiger partial charge is 0.466 e. The highest BCUT2D eigenvalue weighted by Crippen LogP contribution is 2.16. The average molecular weight is 235 g/mol. The van der Waals surface area contributed by atoms with E-state index >= 15 is 0 Å². The molecule has 0 atom stereocenters. The topological polar surface area (TPSA) is 67.2 Å². The van der Waals surface area contributed by atoms with Gasteiger partial charge in [0.2, 0.25) is 0 Å². The number of nitriles is 1. The summed E-state index contributed by atoms with van der Waals surface area (Å²) in [5, 5.41) is 8.61. The number of esters is 1. The van der Waals surface area contributed by atoms with Gasteiger partial charge in [-0.05, 0) is 19.1 Å². The van der Waals surface area contributed by atoms with Crippen LogP contribution in [0.5, 0.6) is 0 Å². The van der Waals surface area contributed by atoms with Gasteiger partial charge in [0.1, 0.15) is 12.1 Å². The van der Waals surface area contributed by atoms with E-state index in [2.05, 4.69) is 4.74 Å². The number of nitrogens with zero attached hydrogens (tertiary/aromatic N) is 1. The van der Waals surface area contributed by atoms with Gasteiger partial charge in [0.25, 0.3) is 0 Å². The molecular weight excluding hydrogens is 225 g/mol. The molecule has 1 aromatic rings. The van der Waals surface area contributed by atoms with E-state index in [0.717, 1.165) is 6.07 Å². The predicted molar refractivity (Wildman–Crippen MR) is 56.8 cm³/mol. The average Bonchev–Trinajstić information content (AvgIpc) is 2.31. The number of hydrogen-bond donors (Lipinski definition) is 0. The molecule has 0 aromatic heterocycles. The molecular formula is C12H10FNO3. The zero-order valence-corrected chi connectivity index (χ0v) is 9.20. The SMILES string of the molecule is CCOC(=O)Cc1c(F)cc(C#N)cc1C=O. The van der Waals surface area contributed by atoms with Crippen molar-refractivity contribution < 1.29 is 18.7 Å². The van der Waals surface area contributed by atoms with Gasteiger partial charge in [0.15, 0.2) is 0 Å². The van der Waals surface area contributed by atoms with Crippen LogP contribution >= 0.6 is 0 Å². The zero-order chi connectivity index (χ0) is 12.8. The van der Waals surface area contributed by atoms with Gasteiger partial charge in [-0.3, -0.25) is 9.59 Å². The summed E-state index contributed by atoms with van der Waals surface area (Å²) >= 11 is 0. The van der Waals surface area contributed by atoms with Crippen molar-refractivity contribution in [1.82, 2.24) is 0 Å². The maximum atomic E-state index is 13.6. The van der Waals surface area contributed by atoms with Crippen LogP contribution in [0, 0.1) is 17.1 Å². The number of halogens is 1. The molecule has 0 bridgehead atoms. The first-order chi connectivity index (χ1) is 8.12. The fourth-order valence-electron chi connectivity index (χ4n) is 1.37. The molecule has 5 heteroatoms. The Bertz CT molecular complexity index is 491. The molecule has 0 saturated carbocycles. The molecule has 0 saturated heterocycles. The molecule has 0 amide bonds. The molecule has 1 aromatic carbocycles. The Morgan fingerprint density at radius 1 is 1.59 bits per heavy atom. The highest BCUT2D eigenvalue weighted by atomic mass is 19.1. The minimum atomic E-state index is -0.751. The second kappa shape index (κ2) is 5.75. The van der Waals surface area contributed by atoms with Crippen LogP contribution in [0.3, 0.4) is 0 Å². The summed E-state index contributed by atoms with van der Waals surface area (Å²) in [5.74, 6) is -1.36.